The van der Waals surface area contributed by atoms with E-state index in [0.29, 0.717) is 12.6 Å². The molecule has 8 aromatic carbocycles. The highest BCUT2D eigenvalue weighted by Gasteiger charge is 2.42. The molecule has 0 spiro atoms. The molecule has 0 saturated carbocycles. The third-order valence-electron chi connectivity index (χ3n) is 10.8. The van der Waals surface area contributed by atoms with E-state index in [0.717, 1.165) is 33.4 Å². The van der Waals surface area contributed by atoms with Crippen LogP contribution >= 0.6 is 0 Å². The smallest absolute Gasteiger partial charge is 0.302 e. The highest BCUT2D eigenvalue weighted by molar-refractivity contribution is 7.20. The molecule has 0 aliphatic carbocycles. The largest absolute Gasteiger partial charge is 0.459 e. The van der Waals surface area contributed by atoms with Gasteiger partial charge < -0.3 is 4.74 Å². The number of imidazole rings is 1. The number of ether oxygens (including phenoxy) is 1. The summed E-state index contributed by atoms with van der Waals surface area (Å²) in [5, 5.41) is 5.34. The van der Waals surface area contributed by atoms with Crippen LogP contribution in [0.15, 0.2) is 206 Å². The Balaban J connectivity index is 1.21. The van der Waals surface area contributed by atoms with Gasteiger partial charge in [0.05, 0.1) is 16.7 Å². The highest BCUT2D eigenvalue weighted by Crippen LogP contribution is 2.35. The predicted octanol–water partition coefficient (Wildman–Crippen LogP) is 9.30. The molecule has 256 valence electrons. The minimum atomic E-state index is -2.93. The Morgan fingerprint density at radius 3 is 1.57 bits per heavy atom. The molecule has 1 aliphatic heterocycles. The molecule has 0 saturated heterocycles. The lowest BCUT2D eigenvalue weighted by Crippen LogP contribution is -2.74. The molecule has 3 nitrogen and oxygen atoms in total. The molecule has 0 radical (unpaired) electrons. The van der Waals surface area contributed by atoms with E-state index in [9.17, 15) is 0 Å². The molecule has 0 N–H and O–H groups in total. The summed E-state index contributed by atoms with van der Waals surface area (Å²) in [6.45, 7) is 0.525. The maximum atomic E-state index is 6.13. The van der Waals surface area contributed by atoms with Crippen molar-refractivity contribution in [1.82, 2.24) is 9.55 Å². The van der Waals surface area contributed by atoms with Crippen LogP contribution in [0.5, 0.6) is 6.01 Å². The molecule has 4 heteroatoms. The average Bonchev–Trinajstić information content (AvgIpc) is 3.64. The lowest BCUT2D eigenvalue weighted by atomic mass is 9.99. The van der Waals surface area contributed by atoms with Gasteiger partial charge in [-0.15, -0.1) is 0 Å². The van der Waals surface area contributed by atoms with Gasteiger partial charge in [0.25, 0.3) is 0 Å². The summed E-state index contributed by atoms with van der Waals surface area (Å²) < 4.78 is 8.27. The third-order valence-corrected chi connectivity index (χ3v) is 15.6. The number of hydrogen-bond donors (Lipinski definition) is 0. The van der Waals surface area contributed by atoms with Crippen molar-refractivity contribution in [1.29, 1.82) is 0 Å². The van der Waals surface area contributed by atoms with Gasteiger partial charge in [-0.3, -0.25) is 4.57 Å². The van der Waals surface area contributed by atoms with Crippen molar-refractivity contribution >= 4 is 39.9 Å². The first-order valence-corrected chi connectivity index (χ1v) is 20.5. The molecule has 54 heavy (non-hydrogen) atoms. The van der Waals surface area contributed by atoms with Gasteiger partial charge in [0.1, 0.15) is 6.61 Å². The van der Waals surface area contributed by atoms with Crippen LogP contribution in [0, 0.1) is 0 Å². The first-order chi connectivity index (χ1) is 26.8. The van der Waals surface area contributed by atoms with Crippen molar-refractivity contribution in [2.45, 2.75) is 6.61 Å². The fraction of sp³-hybridized carbons (Fsp3) is 0.0200. The molecule has 10 rings (SSSR count). The number of hydrogen-bond acceptors (Lipinski definition) is 2. The lowest BCUT2D eigenvalue weighted by Gasteiger charge is -2.35. The molecule has 0 atom stereocenters. The maximum absolute atomic E-state index is 6.13. The van der Waals surface area contributed by atoms with Crippen LogP contribution in [0.4, 0.5) is 0 Å². The number of para-hydroxylation sites is 1. The minimum absolute atomic E-state index is 0.525. The second-order valence-corrected chi connectivity index (χ2v) is 17.8. The zero-order valence-corrected chi connectivity index (χ0v) is 30.6. The van der Waals surface area contributed by atoms with Crippen LogP contribution in [-0.4, -0.2) is 17.6 Å². The van der Waals surface area contributed by atoms with E-state index in [2.05, 4.69) is 211 Å². The molecule has 0 bridgehead atoms. The zero-order chi connectivity index (χ0) is 35.9. The van der Waals surface area contributed by atoms with Crippen LogP contribution in [0.2, 0.25) is 0 Å². The topological polar surface area (TPSA) is 27.1 Å². The van der Waals surface area contributed by atoms with E-state index in [1.165, 1.54) is 43.0 Å². The molecular weight excluding hydrogens is 673 g/mol. The van der Waals surface area contributed by atoms with Crippen molar-refractivity contribution in [3.8, 4) is 45.1 Å². The SMILES string of the molecule is c1ccc(-c2cc(-c3ccccc3)cc([Si](c3ccccc3)(c3ccccc3)c3cccc(-c4ccc5c(c4)nc4n5-c5ccccc5CO4)c3)c2)cc1. The van der Waals surface area contributed by atoms with Crippen molar-refractivity contribution in [3.63, 3.8) is 0 Å². The van der Waals surface area contributed by atoms with Crippen LogP contribution in [0.3, 0.4) is 0 Å². The highest BCUT2D eigenvalue weighted by atomic mass is 28.3. The Hall–Kier alpha value is -6.75. The van der Waals surface area contributed by atoms with Gasteiger partial charge in [-0.25, -0.2) is 0 Å². The van der Waals surface area contributed by atoms with E-state index in [-0.39, 0.29) is 0 Å². The molecule has 9 aromatic rings. The van der Waals surface area contributed by atoms with Gasteiger partial charge in [0.15, 0.2) is 8.07 Å². The number of aromatic nitrogens is 2. The first-order valence-electron chi connectivity index (χ1n) is 18.5. The Bertz CT molecular complexity index is 2660. The van der Waals surface area contributed by atoms with Gasteiger partial charge in [0, 0.05) is 5.56 Å². The molecule has 0 amide bonds. The molecule has 0 fully saturated rings. The van der Waals surface area contributed by atoms with E-state index in [1.54, 1.807) is 0 Å². The van der Waals surface area contributed by atoms with Crippen LogP contribution in [-0.2, 0) is 6.61 Å². The predicted molar refractivity (Wildman–Crippen MR) is 225 cm³/mol. The number of fused-ring (bicyclic) bond motifs is 5. The van der Waals surface area contributed by atoms with Gasteiger partial charge in [0.2, 0.25) is 0 Å². The fourth-order valence-corrected chi connectivity index (χ4v) is 13.2. The molecule has 0 unspecified atom stereocenters. The minimum Gasteiger partial charge on any atom is -0.459 e. The second-order valence-electron chi connectivity index (χ2n) is 13.9. The number of benzene rings is 8. The molecule has 2 heterocycles. The van der Waals surface area contributed by atoms with E-state index in [4.69, 9.17) is 9.72 Å². The monoisotopic (exact) mass is 708 g/mol. The van der Waals surface area contributed by atoms with Gasteiger partial charge in [-0.2, -0.15) is 4.98 Å². The standard InChI is InChI=1S/C50H36N2OSi/c1-5-16-36(17-6-1)41-30-42(37-18-7-2-8-19-37)33-46(32-41)54(43-22-9-3-10-23-43,44-24-11-4-12-25-44)45-26-15-21-38(31-45)39-28-29-49-47(34-39)51-50-52(49)48-27-14-13-20-40(48)35-53-50/h1-34H,35H2. The average molecular weight is 709 g/mol. The molecule has 1 aromatic heterocycles. The summed E-state index contributed by atoms with van der Waals surface area (Å²) in [4.78, 5) is 4.98. The quantitative estimate of drug-likeness (QED) is 0.122. The lowest BCUT2D eigenvalue weighted by molar-refractivity contribution is 0.265. The summed E-state index contributed by atoms with van der Waals surface area (Å²) in [7, 11) is -2.93. The summed E-state index contributed by atoms with van der Waals surface area (Å²) in [5.74, 6) is 0. The van der Waals surface area contributed by atoms with Crippen LogP contribution in [0.25, 0.3) is 50.1 Å². The van der Waals surface area contributed by atoms with Crippen LogP contribution in [0.1, 0.15) is 5.56 Å². The first kappa shape index (κ1) is 31.9. The Morgan fingerprint density at radius 2 is 0.926 bits per heavy atom. The normalized spacial score (nSPS) is 12.1. The van der Waals surface area contributed by atoms with E-state index in [1.807, 2.05) is 0 Å². The zero-order valence-electron chi connectivity index (χ0n) is 29.6. The third kappa shape index (κ3) is 5.39. The van der Waals surface area contributed by atoms with Gasteiger partial charge in [-0.05, 0) is 78.4 Å². The second kappa shape index (κ2) is 13.3. The summed E-state index contributed by atoms with van der Waals surface area (Å²) in [6, 6.07) is 76.1. The van der Waals surface area contributed by atoms with Crippen LogP contribution < -0.4 is 25.5 Å². The molecular formula is C50H36N2OSi. The van der Waals surface area contributed by atoms with E-state index < -0.39 is 8.07 Å². The fourth-order valence-electron chi connectivity index (χ4n) is 8.31. The van der Waals surface area contributed by atoms with Gasteiger partial charge in [-0.1, -0.05) is 182 Å². The van der Waals surface area contributed by atoms with Crippen molar-refractivity contribution < 1.29 is 4.74 Å². The summed E-state index contributed by atoms with van der Waals surface area (Å²) >= 11 is 0. The van der Waals surface area contributed by atoms with E-state index >= 15 is 0 Å². The number of nitrogens with zero attached hydrogens (tertiary/aromatic N) is 2. The maximum Gasteiger partial charge on any atom is 0.302 e. The van der Waals surface area contributed by atoms with Crippen molar-refractivity contribution in [3.05, 3.63) is 212 Å². The van der Waals surface area contributed by atoms with Crippen molar-refractivity contribution in [2.75, 3.05) is 0 Å². The summed E-state index contributed by atoms with van der Waals surface area (Å²) in [6.07, 6.45) is 0. The number of rotatable bonds is 7. The Kier molecular flexibility index (Phi) is 7.89. The summed E-state index contributed by atoms with van der Waals surface area (Å²) in [5.41, 5.74) is 11.4. The Labute approximate surface area is 316 Å². The Morgan fingerprint density at radius 1 is 0.407 bits per heavy atom. The van der Waals surface area contributed by atoms with Crippen molar-refractivity contribution in [2.24, 2.45) is 0 Å². The van der Waals surface area contributed by atoms with Gasteiger partial charge >= 0.3 is 6.01 Å². The molecule has 1 aliphatic rings.